The molecule has 0 saturated heterocycles. The van der Waals surface area contributed by atoms with E-state index in [0.29, 0.717) is 0 Å². The maximum atomic E-state index is 13.1. The highest BCUT2D eigenvalue weighted by Crippen LogP contribution is 2.24. The average Bonchev–Trinajstić information content (AvgIpc) is 2.88. The van der Waals surface area contributed by atoms with E-state index < -0.39 is 32.4 Å². The second kappa shape index (κ2) is 5.76. The van der Waals surface area contributed by atoms with E-state index in [1.165, 1.54) is 0 Å². The lowest BCUT2D eigenvalue weighted by Crippen LogP contribution is -2.44. The molecule has 1 fully saturated rings. The largest absolute Gasteiger partial charge is 0.508 e. The highest BCUT2D eigenvalue weighted by molar-refractivity contribution is 7.89. The summed E-state index contributed by atoms with van der Waals surface area (Å²) in [4.78, 5) is 13.1. The first-order valence-electron chi connectivity index (χ1n) is 6.20. The van der Waals surface area contributed by atoms with E-state index >= 15 is 0 Å². The Morgan fingerprint density at radius 1 is 1.25 bits per heavy atom. The first-order valence-corrected chi connectivity index (χ1v) is 7.68. The number of phenolic OH excluding ortho intramolecular Hbond substituents is 1. The highest BCUT2D eigenvalue weighted by atomic mass is 32.2. The van der Waals surface area contributed by atoms with Gasteiger partial charge in [-0.3, -0.25) is 10.2 Å². The number of amides is 1. The third kappa shape index (κ3) is 3.45. The van der Waals surface area contributed by atoms with Crippen molar-refractivity contribution >= 4 is 15.9 Å². The highest BCUT2D eigenvalue weighted by Gasteiger charge is 2.24. The number of benzene rings is 1. The fourth-order valence-electron chi connectivity index (χ4n) is 2.17. The third-order valence-electron chi connectivity index (χ3n) is 3.20. The van der Waals surface area contributed by atoms with Crippen LogP contribution in [0.4, 0.5) is 4.39 Å². The Kier molecular flexibility index (Phi) is 4.24. The zero-order chi connectivity index (χ0) is 14.8. The standard InChI is InChI=1S/C12H15FN2O4S/c13-9-5-10(16)7-11(6-9)20(18,19)15-14-12(17)8-3-1-2-4-8/h5-8,15-16H,1-4H2,(H,14,17). The fourth-order valence-corrected chi connectivity index (χ4v) is 3.07. The van der Waals surface area contributed by atoms with Crippen LogP contribution in [0.5, 0.6) is 5.75 Å². The van der Waals surface area contributed by atoms with Gasteiger partial charge in [-0.1, -0.05) is 12.8 Å². The molecule has 1 aromatic rings. The number of phenols is 1. The molecule has 0 spiro atoms. The van der Waals surface area contributed by atoms with Crippen molar-refractivity contribution in [3.05, 3.63) is 24.0 Å². The van der Waals surface area contributed by atoms with Crippen LogP contribution in [0.1, 0.15) is 25.7 Å². The van der Waals surface area contributed by atoms with Gasteiger partial charge in [0.05, 0.1) is 4.90 Å². The van der Waals surface area contributed by atoms with Crippen LogP contribution in [-0.2, 0) is 14.8 Å². The second-order valence-electron chi connectivity index (χ2n) is 4.72. The maximum Gasteiger partial charge on any atom is 0.257 e. The Morgan fingerprint density at radius 2 is 1.90 bits per heavy atom. The molecule has 0 unspecified atom stereocenters. The maximum absolute atomic E-state index is 13.1. The van der Waals surface area contributed by atoms with E-state index in [0.717, 1.165) is 43.9 Å². The fraction of sp³-hybridized carbons (Fsp3) is 0.417. The summed E-state index contributed by atoms with van der Waals surface area (Å²) in [7, 11) is -4.11. The lowest BCUT2D eigenvalue weighted by Gasteiger charge is -2.12. The molecular weight excluding hydrogens is 287 g/mol. The van der Waals surface area contributed by atoms with Crippen molar-refractivity contribution in [2.45, 2.75) is 30.6 Å². The molecule has 1 saturated carbocycles. The normalized spacial score (nSPS) is 16.2. The summed E-state index contributed by atoms with van der Waals surface area (Å²) >= 11 is 0. The minimum atomic E-state index is -4.11. The molecule has 1 amide bonds. The molecule has 0 bridgehead atoms. The molecule has 0 atom stereocenters. The average molecular weight is 302 g/mol. The van der Waals surface area contributed by atoms with Gasteiger partial charge in [-0.15, -0.1) is 4.83 Å². The van der Waals surface area contributed by atoms with Crippen LogP contribution in [0.2, 0.25) is 0 Å². The summed E-state index contributed by atoms with van der Waals surface area (Å²) in [5.41, 5.74) is 2.12. The zero-order valence-corrected chi connectivity index (χ0v) is 11.4. The predicted molar refractivity (Wildman–Crippen MR) is 68.5 cm³/mol. The molecule has 1 aliphatic carbocycles. The van der Waals surface area contributed by atoms with E-state index in [2.05, 4.69) is 5.43 Å². The lowest BCUT2D eigenvalue weighted by atomic mass is 10.1. The van der Waals surface area contributed by atoms with Crippen LogP contribution in [0.25, 0.3) is 0 Å². The molecule has 0 aromatic heterocycles. The predicted octanol–water partition coefficient (Wildman–Crippen LogP) is 1.03. The van der Waals surface area contributed by atoms with E-state index in [1.807, 2.05) is 4.83 Å². The van der Waals surface area contributed by atoms with Crippen LogP contribution >= 0.6 is 0 Å². The van der Waals surface area contributed by atoms with E-state index in [4.69, 9.17) is 0 Å². The summed E-state index contributed by atoms with van der Waals surface area (Å²) in [5, 5.41) is 9.19. The molecule has 110 valence electrons. The molecule has 8 heteroatoms. The number of halogens is 1. The molecule has 1 aromatic carbocycles. The number of carbonyl (C=O) groups excluding carboxylic acids is 1. The number of rotatable bonds is 4. The van der Waals surface area contributed by atoms with Gasteiger partial charge in [-0.25, -0.2) is 12.8 Å². The van der Waals surface area contributed by atoms with Crippen molar-refractivity contribution in [2.24, 2.45) is 5.92 Å². The Labute approximate surface area is 116 Å². The van der Waals surface area contributed by atoms with E-state index in [1.54, 1.807) is 0 Å². The van der Waals surface area contributed by atoms with Crippen LogP contribution in [-0.4, -0.2) is 19.4 Å². The molecule has 0 aliphatic heterocycles. The number of carbonyl (C=O) groups is 1. The van der Waals surface area contributed by atoms with Gasteiger partial charge in [0.25, 0.3) is 10.0 Å². The Bertz CT molecular complexity index is 592. The SMILES string of the molecule is O=C(NNS(=O)(=O)c1cc(O)cc(F)c1)C1CCCC1. The number of hydrogen-bond donors (Lipinski definition) is 3. The third-order valence-corrected chi connectivity index (χ3v) is 4.43. The van der Waals surface area contributed by atoms with Crippen molar-refractivity contribution in [3.63, 3.8) is 0 Å². The molecular formula is C12H15FN2O4S. The number of hydrogen-bond acceptors (Lipinski definition) is 4. The van der Waals surface area contributed by atoms with Crippen molar-refractivity contribution < 1.29 is 22.7 Å². The summed E-state index contributed by atoms with van der Waals surface area (Å²) in [6.45, 7) is 0. The summed E-state index contributed by atoms with van der Waals surface area (Å²) in [6, 6.07) is 2.44. The van der Waals surface area contributed by atoms with Gasteiger partial charge in [-0.05, 0) is 18.9 Å². The Hall–Kier alpha value is -1.67. The van der Waals surface area contributed by atoms with Gasteiger partial charge < -0.3 is 5.11 Å². The van der Waals surface area contributed by atoms with Gasteiger partial charge in [0, 0.05) is 18.1 Å². The number of hydrazine groups is 1. The first-order chi connectivity index (χ1) is 9.38. The van der Waals surface area contributed by atoms with E-state index in [-0.39, 0.29) is 5.92 Å². The summed E-state index contributed by atoms with van der Waals surface area (Å²) in [6.07, 6.45) is 3.35. The quantitative estimate of drug-likeness (QED) is 0.724. The van der Waals surface area contributed by atoms with Crippen LogP contribution in [0, 0.1) is 11.7 Å². The molecule has 6 nitrogen and oxygen atoms in total. The molecule has 3 N–H and O–H groups in total. The zero-order valence-electron chi connectivity index (χ0n) is 10.6. The van der Waals surface area contributed by atoms with Crippen molar-refractivity contribution in [3.8, 4) is 5.75 Å². The van der Waals surface area contributed by atoms with Crippen molar-refractivity contribution in [1.29, 1.82) is 0 Å². The molecule has 0 radical (unpaired) electrons. The topological polar surface area (TPSA) is 95.5 Å². The monoisotopic (exact) mass is 302 g/mol. The second-order valence-corrected chi connectivity index (χ2v) is 6.40. The van der Waals surface area contributed by atoms with Crippen molar-refractivity contribution in [1.82, 2.24) is 10.3 Å². The lowest BCUT2D eigenvalue weighted by molar-refractivity contribution is -0.125. The number of aromatic hydroxyl groups is 1. The van der Waals surface area contributed by atoms with Gasteiger partial charge >= 0.3 is 0 Å². The van der Waals surface area contributed by atoms with Gasteiger partial charge in [0.15, 0.2) is 0 Å². The van der Waals surface area contributed by atoms with Crippen molar-refractivity contribution in [2.75, 3.05) is 0 Å². The van der Waals surface area contributed by atoms with Crippen LogP contribution < -0.4 is 10.3 Å². The minimum absolute atomic E-state index is 0.196. The molecule has 0 heterocycles. The van der Waals surface area contributed by atoms with Gasteiger partial charge in [-0.2, -0.15) is 0 Å². The van der Waals surface area contributed by atoms with Crippen LogP contribution in [0.3, 0.4) is 0 Å². The minimum Gasteiger partial charge on any atom is -0.508 e. The summed E-state index contributed by atoms with van der Waals surface area (Å²) < 4.78 is 36.8. The smallest absolute Gasteiger partial charge is 0.257 e. The molecule has 20 heavy (non-hydrogen) atoms. The summed E-state index contributed by atoms with van der Waals surface area (Å²) in [5.74, 6) is -1.98. The van der Waals surface area contributed by atoms with Gasteiger partial charge in [0.2, 0.25) is 5.91 Å². The Morgan fingerprint density at radius 3 is 2.50 bits per heavy atom. The van der Waals surface area contributed by atoms with Gasteiger partial charge in [0.1, 0.15) is 11.6 Å². The number of nitrogens with one attached hydrogen (secondary N) is 2. The number of sulfonamides is 1. The Balaban J connectivity index is 2.05. The molecule has 2 rings (SSSR count). The van der Waals surface area contributed by atoms with E-state index in [9.17, 15) is 22.7 Å². The van der Waals surface area contributed by atoms with Crippen LogP contribution in [0.15, 0.2) is 23.1 Å². The first kappa shape index (κ1) is 14.7. The molecule has 1 aliphatic rings.